The Morgan fingerprint density at radius 1 is 1.41 bits per heavy atom. The van der Waals surface area contributed by atoms with E-state index in [4.69, 9.17) is 3.07 Å². The Labute approximate surface area is 117 Å². The maximum absolute atomic E-state index is 5.17. The molecule has 2 rings (SSSR count). The molecule has 0 N–H and O–H groups in total. The van der Waals surface area contributed by atoms with Gasteiger partial charge in [0.1, 0.15) is 5.76 Å². The zero-order chi connectivity index (χ0) is 12.4. The van der Waals surface area contributed by atoms with Crippen molar-refractivity contribution in [1.29, 1.82) is 0 Å². The smallest absolute Gasteiger partial charge is 0.192 e. The third kappa shape index (κ3) is 2.73. The van der Waals surface area contributed by atoms with E-state index in [9.17, 15) is 0 Å². The normalized spacial score (nSPS) is 14.5. The molecule has 0 aromatic heterocycles. The molecular formula is C15H17IO. The molecule has 0 bridgehead atoms. The monoisotopic (exact) mass is 340 g/mol. The van der Waals surface area contributed by atoms with Crippen molar-refractivity contribution in [2.45, 2.75) is 32.1 Å². The highest BCUT2D eigenvalue weighted by Crippen LogP contribution is 2.44. The van der Waals surface area contributed by atoms with Gasteiger partial charge in [0.2, 0.25) is 0 Å². The lowest BCUT2D eigenvalue weighted by atomic mass is 9.94. The van der Waals surface area contributed by atoms with E-state index in [0.29, 0.717) is 5.76 Å². The number of hydrogen-bond donors (Lipinski definition) is 0. The van der Waals surface area contributed by atoms with E-state index in [1.54, 1.807) is 0 Å². The van der Waals surface area contributed by atoms with Gasteiger partial charge in [-0.2, -0.15) is 0 Å². The molecule has 0 radical (unpaired) electrons. The van der Waals surface area contributed by atoms with Gasteiger partial charge in [-0.25, -0.2) is 0 Å². The summed E-state index contributed by atoms with van der Waals surface area (Å²) in [6.07, 6.45) is 3.61. The lowest BCUT2D eigenvalue weighted by Crippen LogP contribution is -1.93. The van der Waals surface area contributed by atoms with E-state index in [1.165, 1.54) is 29.5 Å². The summed E-state index contributed by atoms with van der Waals surface area (Å²) in [5.41, 5.74) is 4.99. The van der Waals surface area contributed by atoms with Crippen LogP contribution in [0.3, 0.4) is 0 Å². The predicted octanol–water partition coefficient (Wildman–Crippen LogP) is 5.32. The van der Waals surface area contributed by atoms with E-state index in [-0.39, 0.29) is 0 Å². The fraction of sp³-hybridized carbons (Fsp3) is 0.333. The van der Waals surface area contributed by atoms with Crippen molar-refractivity contribution >= 4 is 34.3 Å². The van der Waals surface area contributed by atoms with Gasteiger partial charge in [0.15, 0.2) is 23.0 Å². The minimum absolute atomic E-state index is 0.707. The van der Waals surface area contributed by atoms with E-state index in [0.717, 1.165) is 17.9 Å². The Morgan fingerprint density at radius 2 is 2.12 bits per heavy atom. The molecule has 0 aliphatic heterocycles. The van der Waals surface area contributed by atoms with Crippen molar-refractivity contribution < 1.29 is 3.07 Å². The maximum Gasteiger partial charge on any atom is 0.192 e. The maximum atomic E-state index is 5.17. The van der Waals surface area contributed by atoms with Crippen LogP contribution in [0.4, 0.5) is 0 Å². The van der Waals surface area contributed by atoms with Gasteiger partial charge in [0.25, 0.3) is 0 Å². The average molecular weight is 340 g/mol. The van der Waals surface area contributed by atoms with Crippen molar-refractivity contribution in [2.75, 3.05) is 0 Å². The van der Waals surface area contributed by atoms with E-state index >= 15 is 0 Å². The van der Waals surface area contributed by atoms with Crippen molar-refractivity contribution in [3.63, 3.8) is 0 Å². The van der Waals surface area contributed by atoms with E-state index in [1.807, 2.05) is 23.0 Å². The summed E-state index contributed by atoms with van der Waals surface area (Å²) >= 11 is 1.87. The largest absolute Gasteiger partial charge is 0.428 e. The molecule has 1 nitrogen and oxygen atoms in total. The summed E-state index contributed by atoms with van der Waals surface area (Å²) in [6.45, 7) is 10.2. The van der Waals surface area contributed by atoms with Crippen LogP contribution in [0.1, 0.15) is 48.8 Å². The van der Waals surface area contributed by atoms with Gasteiger partial charge in [-0.05, 0) is 47.9 Å². The molecule has 17 heavy (non-hydrogen) atoms. The fourth-order valence-corrected chi connectivity index (χ4v) is 2.28. The summed E-state index contributed by atoms with van der Waals surface area (Å²) < 4.78 is 5.17. The minimum atomic E-state index is 0.707. The highest BCUT2D eigenvalue weighted by atomic mass is 127. The lowest BCUT2D eigenvalue weighted by Gasteiger charge is -2.13. The quantitative estimate of drug-likeness (QED) is 0.520. The van der Waals surface area contributed by atoms with Crippen molar-refractivity contribution in [1.82, 2.24) is 0 Å². The Hall–Kier alpha value is -0.770. The molecule has 0 heterocycles. The second-order valence-electron chi connectivity index (χ2n) is 4.53. The summed E-state index contributed by atoms with van der Waals surface area (Å²) in [6, 6.07) is 6.48. The highest BCUT2D eigenvalue weighted by molar-refractivity contribution is 14.1. The molecule has 0 amide bonds. The third-order valence-corrected chi connectivity index (χ3v) is 3.82. The van der Waals surface area contributed by atoms with Gasteiger partial charge in [-0.3, -0.25) is 0 Å². The first-order chi connectivity index (χ1) is 8.17. The summed E-state index contributed by atoms with van der Waals surface area (Å²) in [5, 5.41) is 0. The molecule has 1 aliphatic carbocycles. The van der Waals surface area contributed by atoms with E-state index < -0.39 is 0 Å². The molecule has 1 aliphatic rings. The van der Waals surface area contributed by atoms with Crippen LogP contribution in [-0.4, -0.2) is 0 Å². The molecule has 1 aromatic rings. The molecule has 1 fully saturated rings. The van der Waals surface area contributed by atoms with Gasteiger partial charge >= 0.3 is 0 Å². The third-order valence-electron chi connectivity index (χ3n) is 3.29. The van der Waals surface area contributed by atoms with Crippen molar-refractivity contribution in [3.05, 3.63) is 48.0 Å². The fourth-order valence-electron chi connectivity index (χ4n) is 2.02. The number of benzene rings is 1. The molecule has 2 heteroatoms. The molecule has 0 unspecified atom stereocenters. The van der Waals surface area contributed by atoms with Gasteiger partial charge in [0, 0.05) is 5.56 Å². The topological polar surface area (TPSA) is 9.23 Å². The second-order valence-corrected chi connectivity index (χ2v) is 4.97. The first kappa shape index (κ1) is 12.7. The molecular weight excluding hydrogens is 323 g/mol. The van der Waals surface area contributed by atoms with Gasteiger partial charge in [-0.1, -0.05) is 32.2 Å². The van der Waals surface area contributed by atoms with Gasteiger partial charge in [-0.15, -0.1) is 0 Å². The van der Waals surface area contributed by atoms with Crippen molar-refractivity contribution in [2.24, 2.45) is 0 Å². The Morgan fingerprint density at radius 3 is 2.65 bits per heavy atom. The van der Waals surface area contributed by atoms with Gasteiger partial charge < -0.3 is 3.07 Å². The van der Waals surface area contributed by atoms with E-state index in [2.05, 4.69) is 38.3 Å². The molecule has 90 valence electrons. The first-order valence-corrected chi connectivity index (χ1v) is 6.85. The number of hydrogen-bond acceptors (Lipinski definition) is 1. The first-order valence-electron chi connectivity index (χ1n) is 5.97. The van der Waals surface area contributed by atoms with Gasteiger partial charge in [0.05, 0.1) is 0 Å². The number of rotatable bonds is 5. The summed E-state index contributed by atoms with van der Waals surface area (Å²) in [7, 11) is 0. The number of allylic oxidation sites excluding steroid dienone is 1. The van der Waals surface area contributed by atoms with Crippen LogP contribution in [0.15, 0.2) is 31.4 Å². The van der Waals surface area contributed by atoms with Crippen LogP contribution in [-0.2, 0) is 3.07 Å². The van der Waals surface area contributed by atoms with Crippen LogP contribution >= 0.6 is 23.0 Å². The molecule has 0 spiro atoms. The van der Waals surface area contributed by atoms with Crippen LogP contribution in [0.5, 0.6) is 0 Å². The minimum Gasteiger partial charge on any atom is -0.428 e. The molecule has 0 saturated heterocycles. The summed E-state index contributed by atoms with van der Waals surface area (Å²) in [4.78, 5) is 0. The SMILES string of the molecule is C=C(OI)c1ccc(C2CC2)c(C(=C)CC)c1. The summed E-state index contributed by atoms with van der Waals surface area (Å²) in [5.74, 6) is 1.45. The Kier molecular flexibility index (Phi) is 3.92. The molecule has 1 saturated carbocycles. The molecule has 1 aromatic carbocycles. The zero-order valence-corrected chi connectivity index (χ0v) is 12.3. The van der Waals surface area contributed by atoms with Crippen molar-refractivity contribution in [3.8, 4) is 0 Å². The Balaban J connectivity index is 2.42. The average Bonchev–Trinajstić information content (AvgIpc) is 3.20. The highest BCUT2D eigenvalue weighted by Gasteiger charge is 2.26. The second kappa shape index (κ2) is 5.25. The lowest BCUT2D eigenvalue weighted by molar-refractivity contribution is 0.678. The zero-order valence-electron chi connectivity index (χ0n) is 10.1. The number of halogens is 1. The van der Waals surface area contributed by atoms with Crippen LogP contribution in [0, 0.1) is 0 Å². The molecule has 0 atom stereocenters. The van der Waals surface area contributed by atoms with Crippen LogP contribution in [0.25, 0.3) is 11.3 Å². The van der Waals surface area contributed by atoms with Crippen LogP contribution in [0.2, 0.25) is 0 Å². The Bertz CT molecular complexity index is 458. The predicted molar refractivity (Wildman–Crippen MR) is 81.9 cm³/mol. The standard InChI is InChI=1S/C15H17IO/c1-4-10(2)15-9-13(11(3)17-16)7-8-14(15)12-5-6-12/h7-9,12H,2-6H2,1H3. The van der Waals surface area contributed by atoms with Crippen LogP contribution < -0.4 is 0 Å².